The summed E-state index contributed by atoms with van der Waals surface area (Å²) < 4.78 is 1.84. The highest BCUT2D eigenvalue weighted by Crippen LogP contribution is 2.34. The van der Waals surface area contributed by atoms with E-state index in [9.17, 15) is 10.1 Å². The Labute approximate surface area is 165 Å². The van der Waals surface area contributed by atoms with Crippen LogP contribution in [0.1, 0.15) is 37.7 Å². The minimum absolute atomic E-state index is 0.0761. The van der Waals surface area contributed by atoms with Gasteiger partial charge in [0.15, 0.2) is 5.69 Å². The fraction of sp³-hybridized carbons (Fsp3) is 0.261. The Balaban J connectivity index is 2.05. The maximum absolute atomic E-state index is 12.5. The van der Waals surface area contributed by atoms with Gasteiger partial charge in [-0.15, -0.1) is 0 Å². The standard InChI is InChI=1S/C23H24N4O/c1-16-21(18-12-8-9-13-19(18)25-22(28)23(2,3)4)20(14-24)26-27(16)15-17-10-6-5-7-11-17/h5-13H,15H2,1-4H3,(H,25,28). The fourth-order valence-corrected chi connectivity index (χ4v) is 2.98. The molecule has 0 aliphatic carbocycles. The van der Waals surface area contributed by atoms with E-state index in [1.165, 1.54) is 0 Å². The van der Waals surface area contributed by atoms with E-state index in [4.69, 9.17) is 0 Å². The Morgan fingerprint density at radius 1 is 1.11 bits per heavy atom. The first-order valence-corrected chi connectivity index (χ1v) is 9.23. The van der Waals surface area contributed by atoms with Crippen LogP contribution in [-0.2, 0) is 11.3 Å². The number of nitrogens with one attached hydrogen (secondary N) is 1. The lowest BCUT2D eigenvalue weighted by molar-refractivity contribution is -0.123. The van der Waals surface area contributed by atoms with Gasteiger partial charge in [-0.1, -0.05) is 69.3 Å². The second-order valence-electron chi connectivity index (χ2n) is 7.81. The average molecular weight is 372 g/mol. The number of carbonyl (C=O) groups is 1. The molecule has 0 spiro atoms. The van der Waals surface area contributed by atoms with Gasteiger partial charge in [0.2, 0.25) is 5.91 Å². The Morgan fingerprint density at radius 2 is 1.75 bits per heavy atom. The Morgan fingerprint density at radius 3 is 2.39 bits per heavy atom. The Bertz CT molecular complexity index is 1040. The van der Waals surface area contributed by atoms with Gasteiger partial charge in [-0.05, 0) is 18.6 Å². The molecule has 142 valence electrons. The molecule has 3 rings (SSSR count). The van der Waals surface area contributed by atoms with E-state index in [0.717, 1.165) is 22.4 Å². The second kappa shape index (κ2) is 7.69. The van der Waals surface area contributed by atoms with Crippen molar-refractivity contribution in [1.82, 2.24) is 9.78 Å². The highest BCUT2D eigenvalue weighted by molar-refractivity contribution is 5.98. The lowest BCUT2D eigenvalue weighted by Crippen LogP contribution is -2.27. The van der Waals surface area contributed by atoms with Crippen LogP contribution in [0.15, 0.2) is 54.6 Å². The van der Waals surface area contributed by atoms with Crippen molar-refractivity contribution >= 4 is 11.6 Å². The largest absolute Gasteiger partial charge is 0.325 e. The van der Waals surface area contributed by atoms with E-state index in [1.807, 2.05) is 87.0 Å². The summed E-state index contributed by atoms with van der Waals surface area (Å²) in [4.78, 5) is 12.5. The molecule has 1 heterocycles. The van der Waals surface area contributed by atoms with Crippen molar-refractivity contribution in [2.45, 2.75) is 34.2 Å². The molecule has 0 atom stereocenters. The fourth-order valence-electron chi connectivity index (χ4n) is 2.98. The summed E-state index contributed by atoms with van der Waals surface area (Å²) in [5.41, 5.74) is 4.07. The number of rotatable bonds is 4. The minimum Gasteiger partial charge on any atom is -0.325 e. The summed E-state index contributed by atoms with van der Waals surface area (Å²) in [6, 6.07) is 19.8. The Kier molecular flexibility index (Phi) is 5.32. The van der Waals surface area contributed by atoms with Crippen LogP contribution < -0.4 is 5.32 Å². The number of hydrogen-bond donors (Lipinski definition) is 1. The monoisotopic (exact) mass is 372 g/mol. The predicted octanol–water partition coefficient (Wildman–Crippen LogP) is 4.76. The van der Waals surface area contributed by atoms with Crippen molar-refractivity contribution in [2.75, 3.05) is 5.32 Å². The normalized spacial score (nSPS) is 11.1. The number of amides is 1. The molecule has 0 radical (unpaired) electrons. The smallest absolute Gasteiger partial charge is 0.229 e. The zero-order valence-electron chi connectivity index (χ0n) is 16.7. The van der Waals surface area contributed by atoms with Crippen LogP contribution in [0.4, 0.5) is 5.69 Å². The number of carbonyl (C=O) groups excluding carboxylic acids is 1. The minimum atomic E-state index is -0.516. The molecule has 2 aromatic carbocycles. The van der Waals surface area contributed by atoms with Crippen molar-refractivity contribution in [1.29, 1.82) is 5.26 Å². The number of nitrogens with zero attached hydrogens (tertiary/aromatic N) is 3. The lowest BCUT2D eigenvalue weighted by Gasteiger charge is -2.19. The van der Waals surface area contributed by atoms with Gasteiger partial charge in [-0.2, -0.15) is 10.4 Å². The van der Waals surface area contributed by atoms with E-state index in [0.29, 0.717) is 17.9 Å². The summed E-state index contributed by atoms with van der Waals surface area (Å²) in [6.45, 7) is 8.14. The molecule has 0 saturated heterocycles. The van der Waals surface area contributed by atoms with Gasteiger partial charge in [-0.25, -0.2) is 0 Å². The molecular formula is C23H24N4O. The molecule has 0 saturated carbocycles. The first kappa shape index (κ1) is 19.4. The van der Waals surface area contributed by atoms with Crippen LogP contribution in [0.25, 0.3) is 11.1 Å². The van der Waals surface area contributed by atoms with E-state index < -0.39 is 5.41 Å². The van der Waals surface area contributed by atoms with Gasteiger partial charge in [0, 0.05) is 27.9 Å². The average Bonchev–Trinajstić information content (AvgIpc) is 2.98. The summed E-state index contributed by atoms with van der Waals surface area (Å²) in [7, 11) is 0. The molecule has 0 bridgehead atoms. The van der Waals surface area contributed by atoms with Crippen LogP contribution in [0.5, 0.6) is 0 Å². The van der Waals surface area contributed by atoms with E-state index in [2.05, 4.69) is 16.5 Å². The van der Waals surface area contributed by atoms with E-state index in [-0.39, 0.29) is 5.91 Å². The summed E-state index contributed by atoms with van der Waals surface area (Å²) in [5, 5.41) is 17.2. The molecule has 1 amide bonds. The Hall–Kier alpha value is -3.39. The summed E-state index contributed by atoms with van der Waals surface area (Å²) in [6.07, 6.45) is 0. The predicted molar refractivity (Wildman–Crippen MR) is 111 cm³/mol. The van der Waals surface area contributed by atoms with Crippen LogP contribution in [-0.4, -0.2) is 15.7 Å². The molecule has 0 aliphatic heterocycles. The third-order valence-electron chi connectivity index (χ3n) is 4.61. The molecule has 5 nitrogen and oxygen atoms in total. The maximum Gasteiger partial charge on any atom is 0.229 e. The summed E-state index contributed by atoms with van der Waals surface area (Å²) >= 11 is 0. The van der Waals surface area contributed by atoms with E-state index >= 15 is 0 Å². The molecule has 0 fully saturated rings. The molecule has 0 unspecified atom stereocenters. The molecular weight excluding hydrogens is 348 g/mol. The number of aromatic nitrogens is 2. The first-order valence-electron chi connectivity index (χ1n) is 9.23. The molecule has 28 heavy (non-hydrogen) atoms. The van der Waals surface area contributed by atoms with Crippen LogP contribution in [0.3, 0.4) is 0 Å². The zero-order chi connectivity index (χ0) is 20.3. The van der Waals surface area contributed by atoms with Crippen molar-refractivity contribution in [2.24, 2.45) is 5.41 Å². The molecule has 3 aromatic rings. The van der Waals surface area contributed by atoms with Crippen LogP contribution >= 0.6 is 0 Å². The third-order valence-corrected chi connectivity index (χ3v) is 4.61. The van der Waals surface area contributed by atoms with Gasteiger partial charge in [0.25, 0.3) is 0 Å². The van der Waals surface area contributed by atoms with Crippen molar-refractivity contribution in [3.05, 3.63) is 71.5 Å². The van der Waals surface area contributed by atoms with Crippen molar-refractivity contribution in [3.8, 4) is 17.2 Å². The number of anilines is 1. The van der Waals surface area contributed by atoms with Gasteiger partial charge >= 0.3 is 0 Å². The maximum atomic E-state index is 12.5. The zero-order valence-corrected chi connectivity index (χ0v) is 16.7. The highest BCUT2D eigenvalue weighted by Gasteiger charge is 2.24. The van der Waals surface area contributed by atoms with Gasteiger partial charge < -0.3 is 5.32 Å². The quantitative estimate of drug-likeness (QED) is 0.717. The number of nitriles is 1. The molecule has 5 heteroatoms. The molecule has 1 N–H and O–H groups in total. The van der Waals surface area contributed by atoms with Crippen LogP contribution in [0, 0.1) is 23.7 Å². The van der Waals surface area contributed by atoms with Crippen molar-refractivity contribution < 1.29 is 4.79 Å². The van der Waals surface area contributed by atoms with E-state index in [1.54, 1.807) is 0 Å². The lowest BCUT2D eigenvalue weighted by atomic mass is 9.94. The first-order chi connectivity index (χ1) is 13.3. The number of hydrogen-bond acceptors (Lipinski definition) is 3. The van der Waals surface area contributed by atoms with Crippen LogP contribution in [0.2, 0.25) is 0 Å². The van der Waals surface area contributed by atoms with Gasteiger partial charge in [0.1, 0.15) is 6.07 Å². The van der Waals surface area contributed by atoms with Gasteiger partial charge in [-0.3, -0.25) is 9.48 Å². The highest BCUT2D eigenvalue weighted by atomic mass is 16.2. The number of benzene rings is 2. The topological polar surface area (TPSA) is 70.7 Å². The number of para-hydroxylation sites is 1. The van der Waals surface area contributed by atoms with Gasteiger partial charge in [0.05, 0.1) is 6.54 Å². The molecule has 0 aliphatic rings. The van der Waals surface area contributed by atoms with Crippen molar-refractivity contribution in [3.63, 3.8) is 0 Å². The third kappa shape index (κ3) is 3.96. The summed E-state index contributed by atoms with van der Waals surface area (Å²) in [5.74, 6) is -0.0761. The second-order valence-corrected chi connectivity index (χ2v) is 7.81. The molecule has 1 aromatic heterocycles. The SMILES string of the molecule is Cc1c(-c2ccccc2NC(=O)C(C)(C)C)c(C#N)nn1Cc1ccccc1.